The Kier molecular flexibility index (Phi) is 5.80. The van der Waals surface area contributed by atoms with E-state index in [1.807, 2.05) is 6.07 Å². The highest BCUT2D eigenvalue weighted by molar-refractivity contribution is 7.89. The number of carboxylic acids is 1. The molecule has 1 saturated heterocycles. The standard InChI is InChI=1S/C18H22N4O5S/c1-21-11-16(19-12-21)28(26,27)22-9-5-8-15(22)17(23)20-14(18(24)25)10-13-6-3-2-4-7-13/h2-4,6-7,11-12,14-15H,5,8-10H2,1H3,(H,20,23)(H,24,25)/t14-,15-/m0/s1. The summed E-state index contributed by atoms with van der Waals surface area (Å²) in [7, 11) is -2.28. The topological polar surface area (TPSA) is 122 Å². The molecule has 0 unspecified atom stereocenters. The van der Waals surface area contributed by atoms with Gasteiger partial charge in [0.1, 0.15) is 12.1 Å². The Bertz CT molecular complexity index is 957. The normalized spacial score (nSPS) is 18.7. The molecule has 0 spiro atoms. The monoisotopic (exact) mass is 406 g/mol. The number of carbonyl (C=O) groups excluding carboxylic acids is 1. The maximum absolute atomic E-state index is 12.8. The van der Waals surface area contributed by atoms with Crippen LogP contribution >= 0.6 is 0 Å². The van der Waals surface area contributed by atoms with Gasteiger partial charge in [-0.05, 0) is 18.4 Å². The summed E-state index contributed by atoms with van der Waals surface area (Å²) in [5, 5.41) is 11.8. The molecule has 1 aliphatic rings. The minimum absolute atomic E-state index is 0.113. The number of carboxylic acid groups (broad SMARTS) is 1. The van der Waals surface area contributed by atoms with Crippen LogP contribution < -0.4 is 5.32 Å². The lowest BCUT2D eigenvalue weighted by molar-refractivity contribution is -0.142. The molecule has 1 aliphatic heterocycles. The molecule has 0 aliphatic carbocycles. The Morgan fingerprint density at radius 1 is 1.32 bits per heavy atom. The zero-order chi connectivity index (χ0) is 20.3. The van der Waals surface area contributed by atoms with Gasteiger partial charge in [-0.1, -0.05) is 30.3 Å². The molecule has 150 valence electrons. The van der Waals surface area contributed by atoms with Crippen molar-refractivity contribution in [3.63, 3.8) is 0 Å². The molecule has 1 amide bonds. The van der Waals surface area contributed by atoms with Crippen LogP contribution in [0.3, 0.4) is 0 Å². The molecule has 1 aromatic heterocycles. The number of sulfonamides is 1. The van der Waals surface area contributed by atoms with Gasteiger partial charge in [-0.3, -0.25) is 4.79 Å². The summed E-state index contributed by atoms with van der Waals surface area (Å²) >= 11 is 0. The molecule has 1 aromatic carbocycles. The van der Waals surface area contributed by atoms with E-state index in [1.165, 1.54) is 17.1 Å². The van der Waals surface area contributed by atoms with Crippen LogP contribution in [0.25, 0.3) is 0 Å². The van der Waals surface area contributed by atoms with Crippen LogP contribution in [0, 0.1) is 0 Å². The van der Waals surface area contributed by atoms with E-state index in [0.29, 0.717) is 12.8 Å². The van der Waals surface area contributed by atoms with Gasteiger partial charge < -0.3 is 15.0 Å². The zero-order valence-corrected chi connectivity index (χ0v) is 16.2. The minimum atomic E-state index is -3.93. The van der Waals surface area contributed by atoms with Gasteiger partial charge in [0.05, 0.1) is 6.33 Å². The number of rotatable bonds is 7. The second kappa shape index (κ2) is 8.11. The van der Waals surface area contributed by atoms with Crippen molar-refractivity contribution in [1.29, 1.82) is 0 Å². The fourth-order valence-corrected chi connectivity index (χ4v) is 4.88. The van der Waals surface area contributed by atoms with Crippen LogP contribution in [-0.2, 0) is 33.1 Å². The lowest BCUT2D eigenvalue weighted by Crippen LogP contribution is -2.51. The van der Waals surface area contributed by atoms with Crippen molar-refractivity contribution in [2.24, 2.45) is 7.05 Å². The molecule has 0 bridgehead atoms. The number of aliphatic carboxylic acids is 1. The zero-order valence-electron chi connectivity index (χ0n) is 15.4. The number of nitrogens with one attached hydrogen (secondary N) is 1. The molecule has 2 heterocycles. The van der Waals surface area contributed by atoms with E-state index in [2.05, 4.69) is 10.3 Å². The summed E-state index contributed by atoms with van der Waals surface area (Å²) < 4.78 is 28.3. The van der Waals surface area contributed by atoms with Crippen molar-refractivity contribution in [3.8, 4) is 0 Å². The Balaban J connectivity index is 1.75. The summed E-state index contributed by atoms with van der Waals surface area (Å²) in [4.78, 5) is 28.2. The number of hydrogen-bond acceptors (Lipinski definition) is 5. The van der Waals surface area contributed by atoms with Crippen LogP contribution in [0.2, 0.25) is 0 Å². The average Bonchev–Trinajstić information content (AvgIpc) is 3.31. The van der Waals surface area contributed by atoms with E-state index in [9.17, 15) is 23.1 Å². The van der Waals surface area contributed by atoms with Gasteiger partial charge >= 0.3 is 5.97 Å². The van der Waals surface area contributed by atoms with Crippen LogP contribution in [0.15, 0.2) is 47.9 Å². The lowest BCUT2D eigenvalue weighted by Gasteiger charge is -2.24. The predicted octanol–water partition coefficient (Wildman–Crippen LogP) is 0.385. The molecule has 1 fully saturated rings. The number of amides is 1. The van der Waals surface area contributed by atoms with Crippen molar-refractivity contribution >= 4 is 21.9 Å². The Labute approximate surface area is 163 Å². The lowest BCUT2D eigenvalue weighted by atomic mass is 10.1. The van der Waals surface area contributed by atoms with Gasteiger partial charge in [0.2, 0.25) is 5.91 Å². The first-order valence-electron chi connectivity index (χ1n) is 8.86. The van der Waals surface area contributed by atoms with Crippen molar-refractivity contribution in [3.05, 3.63) is 48.4 Å². The van der Waals surface area contributed by atoms with Crippen molar-refractivity contribution < 1.29 is 23.1 Å². The Hall–Kier alpha value is -2.72. The van der Waals surface area contributed by atoms with Crippen molar-refractivity contribution in [2.45, 2.75) is 36.4 Å². The molecule has 28 heavy (non-hydrogen) atoms. The third kappa shape index (κ3) is 4.23. The molecule has 3 rings (SSSR count). The number of aromatic nitrogens is 2. The highest BCUT2D eigenvalue weighted by Gasteiger charge is 2.41. The largest absolute Gasteiger partial charge is 0.480 e. The van der Waals surface area contributed by atoms with Crippen LogP contribution in [0.5, 0.6) is 0 Å². The molecule has 0 radical (unpaired) electrons. The van der Waals surface area contributed by atoms with Crippen molar-refractivity contribution in [2.75, 3.05) is 6.54 Å². The first-order valence-corrected chi connectivity index (χ1v) is 10.3. The van der Waals surface area contributed by atoms with Crippen LogP contribution in [0.1, 0.15) is 18.4 Å². The Morgan fingerprint density at radius 3 is 2.64 bits per heavy atom. The summed E-state index contributed by atoms with van der Waals surface area (Å²) in [5.41, 5.74) is 0.764. The fourth-order valence-electron chi connectivity index (χ4n) is 3.25. The second-order valence-corrected chi connectivity index (χ2v) is 8.58. The predicted molar refractivity (Wildman–Crippen MR) is 99.8 cm³/mol. The van der Waals surface area contributed by atoms with E-state index >= 15 is 0 Å². The van der Waals surface area contributed by atoms with E-state index in [-0.39, 0.29) is 18.0 Å². The number of aryl methyl sites for hydroxylation is 1. The van der Waals surface area contributed by atoms with Gasteiger partial charge in [-0.2, -0.15) is 4.31 Å². The number of carbonyl (C=O) groups is 2. The smallest absolute Gasteiger partial charge is 0.326 e. The maximum Gasteiger partial charge on any atom is 0.326 e. The summed E-state index contributed by atoms with van der Waals surface area (Å²) in [5.74, 6) is -1.78. The SMILES string of the molecule is Cn1cnc(S(=O)(=O)N2CCC[C@H]2C(=O)N[C@@H](Cc2ccccc2)C(=O)O)c1. The highest BCUT2D eigenvalue weighted by atomic mass is 32.2. The fraction of sp³-hybridized carbons (Fsp3) is 0.389. The van der Waals surface area contributed by atoms with Gasteiger partial charge in [-0.25, -0.2) is 18.2 Å². The number of hydrogen-bond donors (Lipinski definition) is 2. The van der Waals surface area contributed by atoms with Gasteiger partial charge in [0.25, 0.3) is 10.0 Å². The molecule has 10 heteroatoms. The molecule has 2 aromatic rings. The Morgan fingerprint density at radius 2 is 2.04 bits per heavy atom. The van der Waals surface area contributed by atoms with Crippen LogP contribution in [0.4, 0.5) is 0 Å². The summed E-state index contributed by atoms with van der Waals surface area (Å²) in [6, 6.07) is 6.84. The molecule has 2 atom stereocenters. The quantitative estimate of drug-likeness (QED) is 0.686. The summed E-state index contributed by atoms with van der Waals surface area (Å²) in [6.45, 7) is 0.188. The molecule has 9 nitrogen and oxygen atoms in total. The number of benzene rings is 1. The third-order valence-electron chi connectivity index (χ3n) is 4.66. The summed E-state index contributed by atoms with van der Waals surface area (Å²) in [6.07, 6.45) is 3.70. The van der Waals surface area contributed by atoms with Gasteiger partial charge in [-0.15, -0.1) is 0 Å². The molecular weight excluding hydrogens is 384 g/mol. The van der Waals surface area contributed by atoms with E-state index in [4.69, 9.17) is 0 Å². The third-order valence-corrected chi connectivity index (χ3v) is 6.45. The molecule has 0 saturated carbocycles. The maximum atomic E-state index is 12.8. The van der Waals surface area contributed by atoms with Crippen LogP contribution in [-0.4, -0.2) is 57.9 Å². The first kappa shape index (κ1) is 20.0. The molecular formula is C18H22N4O5S. The van der Waals surface area contributed by atoms with Gasteiger partial charge in [0, 0.05) is 26.2 Å². The number of imidazole rings is 1. The average molecular weight is 406 g/mol. The highest BCUT2D eigenvalue weighted by Crippen LogP contribution is 2.25. The van der Waals surface area contributed by atoms with E-state index < -0.39 is 34.0 Å². The van der Waals surface area contributed by atoms with Gasteiger partial charge in [0.15, 0.2) is 5.03 Å². The van der Waals surface area contributed by atoms with Crippen molar-refractivity contribution in [1.82, 2.24) is 19.2 Å². The second-order valence-electron chi connectivity index (χ2n) is 6.74. The first-order chi connectivity index (χ1) is 13.3. The number of nitrogens with zero attached hydrogens (tertiary/aromatic N) is 3. The molecule has 2 N–H and O–H groups in total. The van der Waals surface area contributed by atoms with E-state index in [1.54, 1.807) is 31.3 Å². The minimum Gasteiger partial charge on any atom is -0.480 e. The van der Waals surface area contributed by atoms with E-state index in [0.717, 1.165) is 9.87 Å².